The zero-order valence-corrected chi connectivity index (χ0v) is 50.8. The van der Waals surface area contributed by atoms with Crippen molar-refractivity contribution in [3.8, 4) is 0 Å². The Morgan fingerprint density at radius 1 is 0.452 bits per heavy atom. The molecule has 0 aromatic carbocycles. The summed E-state index contributed by atoms with van der Waals surface area (Å²) in [5.74, 6) is -3.35. The minimum atomic E-state index is -0.865. The molecule has 486 valence electrons. The average Bonchev–Trinajstić information content (AvgIpc) is 3.50. The first-order valence-corrected chi connectivity index (χ1v) is 29.1. The minimum Gasteiger partial charge on any atom is -0.411 e. The van der Waals surface area contributed by atoms with E-state index in [9.17, 15) is 53.6 Å². The van der Waals surface area contributed by atoms with Crippen LogP contribution < -0.4 is 59.3 Å². The van der Waals surface area contributed by atoms with Gasteiger partial charge in [0.25, 0.3) is 0 Å². The fourth-order valence-corrected chi connectivity index (χ4v) is 7.36. The Bertz CT molecular complexity index is 1960. The quantitative estimate of drug-likeness (QED) is 0.0173. The van der Waals surface area contributed by atoms with E-state index in [1.165, 1.54) is 0 Å². The molecule has 0 aromatic heterocycles. The number of unbranched alkanes of at least 4 members (excludes halogenated alkanes) is 3. The number of carbonyl (C=O) groups is 9. The van der Waals surface area contributed by atoms with Crippen molar-refractivity contribution in [3.63, 3.8) is 0 Å². The molecule has 28 nitrogen and oxygen atoms in total. The Balaban J connectivity index is 0. The molecule has 0 aliphatic carbocycles. The van der Waals surface area contributed by atoms with E-state index < -0.39 is 35.0 Å². The molecule has 0 fully saturated rings. The van der Waals surface area contributed by atoms with Crippen molar-refractivity contribution in [2.24, 2.45) is 33.6 Å². The smallest absolute Gasteiger partial charge is 0.246 e. The zero-order chi connectivity index (χ0) is 62.5. The van der Waals surface area contributed by atoms with E-state index in [1.807, 2.05) is 27.7 Å². The number of nitrogens with zero attached hydrogens (tertiary/aromatic N) is 2. The molecule has 9 amide bonds. The van der Waals surface area contributed by atoms with Gasteiger partial charge >= 0.3 is 0 Å². The van der Waals surface area contributed by atoms with Crippen LogP contribution in [-0.2, 0) is 62.1 Å². The number of amides is 9. The second kappa shape index (κ2) is 48.2. The highest BCUT2D eigenvalue weighted by Gasteiger charge is 2.27. The summed E-state index contributed by atoms with van der Waals surface area (Å²) >= 11 is 0. The summed E-state index contributed by atoms with van der Waals surface area (Å²) < 4.78 is 21.5. The molecule has 0 spiro atoms. The second-order valence-corrected chi connectivity index (χ2v) is 21.6. The fourth-order valence-electron chi connectivity index (χ4n) is 7.36. The van der Waals surface area contributed by atoms with E-state index >= 15 is 0 Å². The van der Waals surface area contributed by atoms with E-state index in [2.05, 4.69) is 58.2 Å². The number of hydrogen-bond donors (Lipinski definition) is 13. The lowest BCUT2D eigenvalue weighted by Gasteiger charge is -2.32. The molecule has 84 heavy (non-hydrogen) atoms. The maximum absolute atomic E-state index is 13.3. The number of carbonyl (C=O) groups excluding carboxylic acids is 9. The van der Waals surface area contributed by atoms with Gasteiger partial charge in [-0.2, -0.15) is 0 Å². The summed E-state index contributed by atoms with van der Waals surface area (Å²) in [7, 11) is 0. The van der Waals surface area contributed by atoms with Crippen LogP contribution in [-0.4, -0.2) is 197 Å². The number of nitrogens with one attached hydrogen (secondary N) is 9. The van der Waals surface area contributed by atoms with Crippen molar-refractivity contribution in [2.45, 2.75) is 182 Å². The standard InChI is InChI=1S/C55H103N13O15.CH4/c1-39(51(56)75)17-9-12-25-59-49(73)37-82-33-32-81-30-28-61-50(74)38-83-34-31-80-29-27-60-46(70)21-16-23-48(72)66-44(53(77)62-26-13-10-18-40(2)52(57)76)19-11-14-24-58-45(69)20-15-22-47(71)65-43(35-63-54(5,6)41(3)67-78)36-64-55(7,8)42(4)68-79;/h39-40,43-44,63-64,78-79H,9-38H2,1-8H3,(H2,56,75)(H2,57,76)(H,58,69)(H,59,73)(H,60,70)(H,61,74)(H,62,77)(H,65,71)(H,66,72);1H4/b67-41+,68-42+;/t39-,40-,44-;/m0./s1. The molecule has 0 bridgehead atoms. The monoisotopic (exact) mass is 1200 g/mol. The molecule has 0 radical (unpaired) electrons. The third kappa shape index (κ3) is 42.7. The Morgan fingerprint density at radius 2 is 0.810 bits per heavy atom. The molecule has 15 N–H and O–H groups in total. The molecule has 0 saturated carbocycles. The van der Waals surface area contributed by atoms with E-state index in [1.54, 1.807) is 27.7 Å². The second-order valence-electron chi connectivity index (χ2n) is 21.6. The SMILES string of the molecule is C.C/C(=N\O)C(C)(C)NCC(CNC(C)(C)/C(C)=N/O)NC(=O)CCCC(=O)NCCCC[C@H](NC(=O)CCCC(=O)NCCOCCOCC(=O)NCCOCCOCC(=O)NCCCC[C@H](C)C(N)=O)C(=O)NCCCC[C@H](C)C(N)=O. The van der Waals surface area contributed by atoms with E-state index in [-0.39, 0.29) is 172 Å². The topological polar surface area (TPSA) is 416 Å². The summed E-state index contributed by atoms with van der Waals surface area (Å²) in [5.41, 5.74) is 10.2. The van der Waals surface area contributed by atoms with Gasteiger partial charge in [-0.3, -0.25) is 43.2 Å². The number of ether oxygens (including phenoxy) is 4. The van der Waals surface area contributed by atoms with Crippen molar-refractivity contribution in [2.75, 3.05) is 98.7 Å². The molecule has 0 rings (SSSR count). The predicted molar refractivity (Wildman–Crippen MR) is 319 cm³/mol. The molecule has 0 heterocycles. The molecular formula is C56H107N13O15. The van der Waals surface area contributed by atoms with Gasteiger partial charge in [0.05, 0.1) is 68.2 Å². The average molecular weight is 1200 g/mol. The Morgan fingerprint density at radius 3 is 1.24 bits per heavy atom. The molecule has 3 atom stereocenters. The van der Waals surface area contributed by atoms with Crippen molar-refractivity contribution < 1.29 is 72.5 Å². The number of hydrogen-bond acceptors (Lipinski definition) is 19. The first-order valence-electron chi connectivity index (χ1n) is 29.1. The first-order chi connectivity index (χ1) is 39.3. The van der Waals surface area contributed by atoms with E-state index in [4.69, 9.17) is 30.4 Å². The molecule has 0 saturated heterocycles. The van der Waals surface area contributed by atoms with Gasteiger partial charge in [0.1, 0.15) is 19.3 Å². The van der Waals surface area contributed by atoms with Crippen molar-refractivity contribution in [1.29, 1.82) is 0 Å². The Labute approximate surface area is 498 Å². The van der Waals surface area contributed by atoms with Crippen LogP contribution in [0.15, 0.2) is 10.3 Å². The lowest BCUT2D eigenvalue weighted by atomic mass is 9.98. The van der Waals surface area contributed by atoms with Crippen LogP contribution in [0.3, 0.4) is 0 Å². The zero-order valence-electron chi connectivity index (χ0n) is 50.8. The predicted octanol–water partition coefficient (Wildman–Crippen LogP) is 0.770. The van der Waals surface area contributed by atoms with Crippen molar-refractivity contribution >= 4 is 64.6 Å². The van der Waals surface area contributed by atoms with Gasteiger partial charge in [-0.25, -0.2) is 0 Å². The molecule has 0 unspecified atom stereocenters. The summed E-state index contributed by atoms with van der Waals surface area (Å²) in [6, 6.07) is -1.28. The maximum Gasteiger partial charge on any atom is 0.246 e. The number of primary amides is 2. The van der Waals surface area contributed by atoms with Crippen LogP contribution in [0.2, 0.25) is 0 Å². The number of nitrogens with two attached hydrogens (primary N) is 2. The largest absolute Gasteiger partial charge is 0.411 e. The van der Waals surface area contributed by atoms with E-state index in [0.29, 0.717) is 82.7 Å². The highest BCUT2D eigenvalue weighted by Crippen LogP contribution is 2.11. The van der Waals surface area contributed by atoms with Crippen molar-refractivity contribution in [3.05, 3.63) is 0 Å². The third-order valence-electron chi connectivity index (χ3n) is 13.6. The van der Waals surface area contributed by atoms with Crippen LogP contribution in [0.25, 0.3) is 0 Å². The molecule has 28 heteroatoms. The van der Waals surface area contributed by atoms with E-state index in [0.717, 1.165) is 12.8 Å². The van der Waals surface area contributed by atoms with Gasteiger partial charge in [0.15, 0.2) is 0 Å². The molecule has 0 aliphatic heterocycles. The summed E-state index contributed by atoms with van der Waals surface area (Å²) in [6.45, 7) is 17.4. The van der Waals surface area contributed by atoms with Crippen LogP contribution in [0, 0.1) is 11.8 Å². The van der Waals surface area contributed by atoms with Crippen LogP contribution in [0.5, 0.6) is 0 Å². The van der Waals surface area contributed by atoms with Gasteiger partial charge < -0.3 is 88.7 Å². The summed E-state index contributed by atoms with van der Waals surface area (Å²) in [5, 5.41) is 51.4. The Kier molecular flexibility index (Phi) is 45.9. The summed E-state index contributed by atoms with van der Waals surface area (Å²) in [4.78, 5) is 111. The minimum absolute atomic E-state index is 0. The first kappa shape index (κ1) is 80.0. The highest BCUT2D eigenvalue weighted by molar-refractivity contribution is 5.91. The van der Waals surface area contributed by atoms with Gasteiger partial charge in [0.2, 0.25) is 53.2 Å². The maximum atomic E-state index is 13.3. The highest BCUT2D eigenvalue weighted by atomic mass is 16.5. The fraction of sp³-hybridized carbons (Fsp3) is 0.804. The normalized spacial score (nSPS) is 13.3. The third-order valence-corrected chi connectivity index (χ3v) is 13.6. The number of rotatable bonds is 52. The van der Waals surface area contributed by atoms with Gasteiger partial charge in [-0.05, 0) is 99.3 Å². The van der Waals surface area contributed by atoms with Crippen LogP contribution in [0.1, 0.15) is 159 Å². The van der Waals surface area contributed by atoms with Crippen molar-refractivity contribution in [1.82, 2.24) is 47.9 Å². The van der Waals surface area contributed by atoms with Crippen LogP contribution >= 0.6 is 0 Å². The lowest BCUT2D eigenvalue weighted by molar-refractivity contribution is -0.129. The number of oxime groups is 2. The molecule has 0 aromatic rings. The molecule has 0 aliphatic rings. The Hall–Kier alpha value is -6.07. The lowest BCUT2D eigenvalue weighted by Crippen LogP contribution is -2.57. The van der Waals surface area contributed by atoms with Gasteiger partial charge in [-0.15, -0.1) is 0 Å². The molecular weight excluding hydrogens is 1090 g/mol. The van der Waals surface area contributed by atoms with Gasteiger partial charge in [-0.1, -0.05) is 44.4 Å². The summed E-state index contributed by atoms with van der Waals surface area (Å²) in [6.07, 6.45) is 6.08. The van der Waals surface area contributed by atoms with Crippen LogP contribution in [0.4, 0.5) is 0 Å². The van der Waals surface area contributed by atoms with Gasteiger partial charge in [0, 0.05) is 83.3 Å².